The summed E-state index contributed by atoms with van der Waals surface area (Å²) in [5.74, 6) is 3.88. The molecule has 0 rings (SSSR count). The van der Waals surface area contributed by atoms with E-state index < -0.39 is 0 Å². The first-order chi connectivity index (χ1) is 7.22. The van der Waals surface area contributed by atoms with Gasteiger partial charge in [-0.25, -0.2) is 0 Å². The number of carbonyl (C=O) groups is 1. The van der Waals surface area contributed by atoms with Gasteiger partial charge >= 0.3 is 0 Å². The van der Waals surface area contributed by atoms with Gasteiger partial charge in [-0.1, -0.05) is 6.58 Å². The molecule has 0 fully saturated rings. The Labute approximate surface area is 100 Å². The molecule has 0 aliphatic rings. The van der Waals surface area contributed by atoms with Gasteiger partial charge in [-0.2, -0.15) is 23.5 Å². The van der Waals surface area contributed by atoms with Gasteiger partial charge in [0, 0.05) is 36.6 Å². The molecule has 0 aliphatic heterocycles. The minimum atomic E-state index is -0.0229. The SMILES string of the molecule is C=CC(=O)N(C)CCSCCSCCO. The molecule has 0 bridgehead atoms. The van der Waals surface area contributed by atoms with Crippen molar-refractivity contribution in [1.82, 2.24) is 4.90 Å². The fraction of sp³-hybridized carbons (Fsp3) is 0.700. The molecular formula is C10H19NO2S2. The molecule has 0 heterocycles. The van der Waals surface area contributed by atoms with E-state index in [1.165, 1.54) is 6.08 Å². The Morgan fingerprint density at radius 2 is 1.93 bits per heavy atom. The summed E-state index contributed by atoms with van der Waals surface area (Å²) in [6.45, 7) is 4.45. The van der Waals surface area contributed by atoms with Crippen molar-refractivity contribution in [2.45, 2.75) is 0 Å². The molecule has 88 valence electrons. The number of carbonyl (C=O) groups excluding carboxylic acids is 1. The number of hydrogen-bond donors (Lipinski definition) is 1. The number of nitrogens with zero attached hydrogens (tertiary/aromatic N) is 1. The van der Waals surface area contributed by atoms with E-state index in [1.54, 1.807) is 23.7 Å². The third kappa shape index (κ3) is 8.84. The molecule has 3 nitrogen and oxygen atoms in total. The molecule has 0 aliphatic carbocycles. The largest absolute Gasteiger partial charge is 0.396 e. The summed E-state index contributed by atoms with van der Waals surface area (Å²) in [4.78, 5) is 12.8. The molecule has 1 amide bonds. The van der Waals surface area contributed by atoms with Crippen molar-refractivity contribution in [3.05, 3.63) is 12.7 Å². The molecule has 0 unspecified atom stereocenters. The Balaban J connectivity index is 3.23. The van der Waals surface area contributed by atoms with Crippen LogP contribution in [0.3, 0.4) is 0 Å². The van der Waals surface area contributed by atoms with Gasteiger partial charge < -0.3 is 10.0 Å². The molecule has 0 aromatic heterocycles. The minimum Gasteiger partial charge on any atom is -0.396 e. The predicted molar refractivity (Wildman–Crippen MR) is 69.6 cm³/mol. The highest BCUT2D eigenvalue weighted by molar-refractivity contribution is 8.02. The van der Waals surface area contributed by atoms with E-state index in [0.29, 0.717) is 0 Å². The van der Waals surface area contributed by atoms with Crippen LogP contribution in [0.1, 0.15) is 0 Å². The first-order valence-corrected chi connectivity index (χ1v) is 7.17. The second kappa shape index (κ2) is 10.4. The smallest absolute Gasteiger partial charge is 0.245 e. The van der Waals surface area contributed by atoms with Gasteiger partial charge in [-0.05, 0) is 6.08 Å². The Bertz CT molecular complexity index is 188. The topological polar surface area (TPSA) is 40.5 Å². The molecule has 0 saturated heterocycles. The van der Waals surface area contributed by atoms with Gasteiger partial charge in [0.25, 0.3) is 0 Å². The van der Waals surface area contributed by atoms with E-state index in [0.717, 1.165) is 29.6 Å². The molecule has 1 N–H and O–H groups in total. The average Bonchev–Trinajstić information content (AvgIpc) is 2.26. The number of aliphatic hydroxyl groups excluding tert-OH is 1. The number of aliphatic hydroxyl groups is 1. The molecule has 0 radical (unpaired) electrons. The van der Waals surface area contributed by atoms with Crippen LogP contribution in [0.2, 0.25) is 0 Å². The molecule has 0 spiro atoms. The second-order valence-corrected chi connectivity index (χ2v) is 5.36. The Kier molecular flexibility index (Phi) is 10.3. The van der Waals surface area contributed by atoms with E-state index >= 15 is 0 Å². The summed E-state index contributed by atoms with van der Waals surface area (Å²) in [6.07, 6.45) is 1.34. The fourth-order valence-corrected chi connectivity index (χ4v) is 2.74. The third-order valence-corrected chi connectivity index (χ3v) is 3.92. The van der Waals surface area contributed by atoms with E-state index in [9.17, 15) is 4.79 Å². The lowest BCUT2D eigenvalue weighted by Gasteiger charge is -2.14. The lowest BCUT2D eigenvalue weighted by molar-refractivity contribution is -0.124. The summed E-state index contributed by atoms with van der Waals surface area (Å²) in [7, 11) is 1.78. The van der Waals surface area contributed by atoms with E-state index in [1.807, 2.05) is 11.8 Å². The second-order valence-electron chi connectivity index (χ2n) is 2.91. The Morgan fingerprint density at radius 3 is 2.47 bits per heavy atom. The maximum atomic E-state index is 11.1. The van der Waals surface area contributed by atoms with Gasteiger partial charge in [-0.15, -0.1) is 0 Å². The molecule has 0 aromatic rings. The zero-order valence-corrected chi connectivity index (χ0v) is 10.8. The van der Waals surface area contributed by atoms with Crippen molar-refractivity contribution in [2.24, 2.45) is 0 Å². The predicted octanol–water partition coefficient (Wildman–Crippen LogP) is 1.09. The number of amides is 1. The number of rotatable bonds is 9. The Morgan fingerprint density at radius 1 is 1.33 bits per heavy atom. The maximum Gasteiger partial charge on any atom is 0.245 e. The highest BCUT2D eigenvalue weighted by atomic mass is 32.2. The average molecular weight is 249 g/mol. The van der Waals surface area contributed by atoms with Crippen LogP contribution in [0.4, 0.5) is 0 Å². The minimum absolute atomic E-state index is 0.0229. The van der Waals surface area contributed by atoms with Gasteiger partial charge in [0.2, 0.25) is 5.91 Å². The molecule has 15 heavy (non-hydrogen) atoms. The lowest BCUT2D eigenvalue weighted by atomic mass is 10.5. The van der Waals surface area contributed by atoms with Crippen LogP contribution in [0.25, 0.3) is 0 Å². The summed E-state index contributed by atoms with van der Waals surface area (Å²) < 4.78 is 0. The quantitative estimate of drug-likeness (QED) is 0.490. The van der Waals surface area contributed by atoms with Crippen molar-refractivity contribution < 1.29 is 9.90 Å². The van der Waals surface area contributed by atoms with E-state index in [2.05, 4.69) is 6.58 Å². The Hall–Kier alpha value is -0.130. The van der Waals surface area contributed by atoms with Gasteiger partial charge in [0.1, 0.15) is 0 Å². The van der Waals surface area contributed by atoms with Crippen molar-refractivity contribution in [1.29, 1.82) is 0 Å². The van der Waals surface area contributed by atoms with Crippen LogP contribution in [-0.2, 0) is 4.79 Å². The maximum absolute atomic E-state index is 11.1. The van der Waals surface area contributed by atoms with Crippen LogP contribution in [0.5, 0.6) is 0 Å². The normalized spacial score (nSPS) is 10.0. The van der Waals surface area contributed by atoms with Gasteiger partial charge in [-0.3, -0.25) is 4.79 Å². The van der Waals surface area contributed by atoms with Crippen molar-refractivity contribution in [3.8, 4) is 0 Å². The lowest BCUT2D eigenvalue weighted by Crippen LogP contribution is -2.27. The standard InChI is InChI=1S/C10H19NO2S2/c1-3-10(13)11(2)4-6-14-8-9-15-7-5-12/h3,12H,1,4-9H2,2H3. The number of hydrogen-bond acceptors (Lipinski definition) is 4. The molecule has 0 atom stereocenters. The highest BCUT2D eigenvalue weighted by Gasteiger charge is 2.02. The summed E-state index contributed by atoms with van der Waals surface area (Å²) in [5.41, 5.74) is 0. The molecule has 5 heteroatoms. The third-order valence-electron chi connectivity index (χ3n) is 1.73. The van der Waals surface area contributed by atoms with Crippen LogP contribution in [0.15, 0.2) is 12.7 Å². The van der Waals surface area contributed by atoms with Crippen molar-refractivity contribution >= 4 is 29.4 Å². The molecular weight excluding hydrogens is 230 g/mol. The van der Waals surface area contributed by atoms with E-state index in [4.69, 9.17) is 5.11 Å². The fourth-order valence-electron chi connectivity index (χ4n) is 0.854. The summed E-state index contributed by atoms with van der Waals surface area (Å²) >= 11 is 3.58. The number of likely N-dealkylation sites (N-methyl/N-ethyl adjacent to an activating group) is 1. The van der Waals surface area contributed by atoms with E-state index in [-0.39, 0.29) is 12.5 Å². The molecule has 0 aromatic carbocycles. The summed E-state index contributed by atoms with van der Waals surface area (Å²) in [6, 6.07) is 0. The van der Waals surface area contributed by atoms with Crippen molar-refractivity contribution in [2.75, 3.05) is 43.2 Å². The first-order valence-electron chi connectivity index (χ1n) is 4.86. The van der Waals surface area contributed by atoms with Crippen LogP contribution < -0.4 is 0 Å². The number of thioether (sulfide) groups is 2. The van der Waals surface area contributed by atoms with Gasteiger partial charge in [0.15, 0.2) is 0 Å². The highest BCUT2D eigenvalue weighted by Crippen LogP contribution is 2.06. The van der Waals surface area contributed by atoms with Crippen LogP contribution in [-0.4, -0.2) is 59.1 Å². The zero-order chi connectivity index (χ0) is 11.5. The monoisotopic (exact) mass is 249 g/mol. The van der Waals surface area contributed by atoms with Gasteiger partial charge in [0.05, 0.1) is 6.61 Å². The van der Waals surface area contributed by atoms with Crippen molar-refractivity contribution in [3.63, 3.8) is 0 Å². The molecule has 0 saturated carbocycles. The van der Waals surface area contributed by atoms with Crippen LogP contribution >= 0.6 is 23.5 Å². The van der Waals surface area contributed by atoms with Crippen LogP contribution in [0, 0.1) is 0 Å². The zero-order valence-electron chi connectivity index (χ0n) is 9.15. The first kappa shape index (κ1) is 14.9. The summed E-state index contributed by atoms with van der Waals surface area (Å²) in [5, 5.41) is 8.55.